The first kappa shape index (κ1) is 14.2. The van der Waals surface area contributed by atoms with Gasteiger partial charge in [0.1, 0.15) is 12.4 Å². The maximum absolute atomic E-state index is 6.14. The second-order valence-corrected chi connectivity index (χ2v) is 5.78. The van der Waals surface area contributed by atoms with E-state index in [9.17, 15) is 0 Å². The Morgan fingerprint density at radius 3 is 2.71 bits per heavy atom. The van der Waals surface area contributed by atoms with Crippen LogP contribution in [0.15, 0.2) is 48.5 Å². The molecule has 1 heterocycles. The molecule has 0 bridgehead atoms. The molecule has 2 aromatic carbocycles. The van der Waals surface area contributed by atoms with Gasteiger partial charge in [-0.25, -0.2) is 0 Å². The molecule has 1 unspecified atom stereocenters. The van der Waals surface area contributed by atoms with Gasteiger partial charge in [0.05, 0.1) is 6.54 Å². The molecule has 3 nitrogen and oxygen atoms in total. The molecule has 4 heteroatoms. The zero-order chi connectivity index (χ0) is 14.7. The molecule has 2 aromatic rings. The van der Waals surface area contributed by atoms with Gasteiger partial charge in [-0.1, -0.05) is 29.8 Å². The molecule has 0 amide bonds. The Kier molecular flexibility index (Phi) is 4.32. The van der Waals surface area contributed by atoms with Crippen molar-refractivity contribution in [3.05, 3.63) is 59.1 Å². The monoisotopic (exact) mass is 302 g/mol. The van der Waals surface area contributed by atoms with Crippen LogP contribution >= 0.6 is 11.6 Å². The van der Waals surface area contributed by atoms with Crippen LogP contribution in [0.1, 0.15) is 5.56 Å². The third-order valence-electron chi connectivity index (χ3n) is 3.71. The van der Waals surface area contributed by atoms with Crippen LogP contribution in [0.25, 0.3) is 0 Å². The molecule has 1 atom stereocenters. The van der Waals surface area contributed by atoms with E-state index in [1.165, 1.54) is 11.3 Å². The van der Waals surface area contributed by atoms with Gasteiger partial charge < -0.3 is 15.4 Å². The highest BCUT2D eigenvalue weighted by atomic mass is 35.5. The molecule has 0 fully saturated rings. The minimum atomic E-state index is 0.190. The molecule has 3 rings (SSSR count). The van der Waals surface area contributed by atoms with Crippen LogP contribution in [0, 0.1) is 0 Å². The molecule has 21 heavy (non-hydrogen) atoms. The van der Waals surface area contributed by atoms with E-state index in [1.807, 2.05) is 24.3 Å². The summed E-state index contributed by atoms with van der Waals surface area (Å²) >= 11 is 5.86. The molecule has 0 aliphatic carbocycles. The number of hydrogen-bond donors (Lipinski definition) is 1. The second-order valence-electron chi connectivity index (χ2n) is 5.34. The lowest BCUT2D eigenvalue weighted by Crippen LogP contribution is -2.44. The Bertz CT molecular complexity index is 600. The maximum Gasteiger partial charge on any atom is 0.119 e. The smallest absolute Gasteiger partial charge is 0.119 e. The number of nitrogens with zero attached hydrogens (tertiary/aromatic N) is 1. The van der Waals surface area contributed by atoms with Gasteiger partial charge >= 0.3 is 0 Å². The van der Waals surface area contributed by atoms with Crippen molar-refractivity contribution >= 4 is 17.3 Å². The number of para-hydroxylation sites is 1. The van der Waals surface area contributed by atoms with E-state index in [-0.39, 0.29) is 6.04 Å². The lowest BCUT2D eigenvalue weighted by atomic mass is 9.98. The van der Waals surface area contributed by atoms with Gasteiger partial charge in [0.15, 0.2) is 0 Å². The Labute approximate surface area is 130 Å². The first-order valence-electron chi connectivity index (χ1n) is 7.19. The number of fused-ring (bicyclic) bond motifs is 1. The molecule has 0 spiro atoms. The van der Waals surface area contributed by atoms with Gasteiger partial charge in [-0.05, 0) is 42.3 Å². The van der Waals surface area contributed by atoms with Crippen LogP contribution in [0.5, 0.6) is 5.75 Å². The molecule has 1 aliphatic heterocycles. The molecule has 0 aromatic heterocycles. The third-order valence-corrected chi connectivity index (χ3v) is 3.96. The lowest BCUT2D eigenvalue weighted by Gasteiger charge is -2.34. The fourth-order valence-corrected chi connectivity index (χ4v) is 2.86. The Balaban J connectivity index is 1.61. The van der Waals surface area contributed by atoms with Crippen molar-refractivity contribution in [3.63, 3.8) is 0 Å². The van der Waals surface area contributed by atoms with Crippen molar-refractivity contribution in [2.45, 2.75) is 12.5 Å². The molecular weight excluding hydrogens is 284 g/mol. The van der Waals surface area contributed by atoms with Gasteiger partial charge in [0, 0.05) is 23.3 Å². The van der Waals surface area contributed by atoms with Crippen LogP contribution in [0.3, 0.4) is 0 Å². The van der Waals surface area contributed by atoms with E-state index in [0.29, 0.717) is 6.61 Å². The fraction of sp³-hybridized carbons (Fsp3) is 0.294. The zero-order valence-corrected chi connectivity index (χ0v) is 12.6. The van der Waals surface area contributed by atoms with Crippen LogP contribution in [0.4, 0.5) is 5.69 Å². The molecule has 0 saturated heterocycles. The van der Waals surface area contributed by atoms with E-state index in [2.05, 4.69) is 29.2 Å². The minimum absolute atomic E-state index is 0.190. The molecule has 0 saturated carbocycles. The number of nitrogens with two attached hydrogens (primary N) is 1. The summed E-state index contributed by atoms with van der Waals surface area (Å²) in [6.45, 7) is 2.33. The number of anilines is 1. The van der Waals surface area contributed by atoms with E-state index in [1.54, 1.807) is 0 Å². The summed E-state index contributed by atoms with van der Waals surface area (Å²) in [5.41, 5.74) is 8.74. The topological polar surface area (TPSA) is 38.5 Å². The van der Waals surface area contributed by atoms with Gasteiger partial charge in [-0.3, -0.25) is 0 Å². The average molecular weight is 303 g/mol. The number of benzene rings is 2. The summed E-state index contributed by atoms with van der Waals surface area (Å²) in [7, 11) is 0. The predicted molar refractivity (Wildman–Crippen MR) is 87.3 cm³/mol. The Morgan fingerprint density at radius 1 is 1.14 bits per heavy atom. The van der Waals surface area contributed by atoms with Crippen molar-refractivity contribution < 1.29 is 4.74 Å². The van der Waals surface area contributed by atoms with Gasteiger partial charge in [-0.2, -0.15) is 0 Å². The lowest BCUT2D eigenvalue weighted by molar-refractivity contribution is 0.321. The number of halogens is 1. The summed E-state index contributed by atoms with van der Waals surface area (Å²) < 4.78 is 5.77. The van der Waals surface area contributed by atoms with Crippen molar-refractivity contribution in [2.24, 2.45) is 5.73 Å². The van der Waals surface area contributed by atoms with Gasteiger partial charge in [0.2, 0.25) is 0 Å². The van der Waals surface area contributed by atoms with E-state index in [0.717, 1.165) is 30.3 Å². The van der Waals surface area contributed by atoms with E-state index in [4.69, 9.17) is 22.1 Å². The van der Waals surface area contributed by atoms with Crippen LogP contribution in [-0.2, 0) is 6.42 Å². The number of ether oxygens (including phenoxy) is 1. The molecule has 0 radical (unpaired) electrons. The SMILES string of the molecule is NC1Cc2ccccc2N(CCOc2ccc(Cl)cc2)C1. The second kappa shape index (κ2) is 6.37. The first-order chi connectivity index (χ1) is 10.2. The van der Waals surface area contributed by atoms with Gasteiger partial charge in [-0.15, -0.1) is 0 Å². The van der Waals surface area contributed by atoms with Crippen molar-refractivity contribution in [1.82, 2.24) is 0 Å². The fourth-order valence-electron chi connectivity index (χ4n) is 2.74. The Morgan fingerprint density at radius 2 is 1.90 bits per heavy atom. The highest BCUT2D eigenvalue weighted by Crippen LogP contribution is 2.26. The minimum Gasteiger partial charge on any atom is -0.492 e. The first-order valence-corrected chi connectivity index (χ1v) is 7.57. The summed E-state index contributed by atoms with van der Waals surface area (Å²) in [5.74, 6) is 0.842. The zero-order valence-electron chi connectivity index (χ0n) is 11.8. The molecule has 110 valence electrons. The summed E-state index contributed by atoms with van der Waals surface area (Å²) in [5, 5.41) is 0.721. The van der Waals surface area contributed by atoms with E-state index >= 15 is 0 Å². The largest absolute Gasteiger partial charge is 0.492 e. The summed E-state index contributed by atoms with van der Waals surface area (Å²) in [6.07, 6.45) is 0.949. The van der Waals surface area contributed by atoms with Crippen LogP contribution < -0.4 is 15.4 Å². The van der Waals surface area contributed by atoms with Crippen LogP contribution in [-0.4, -0.2) is 25.7 Å². The quantitative estimate of drug-likeness (QED) is 0.943. The predicted octanol–water partition coefficient (Wildman–Crippen LogP) is 3.11. The summed E-state index contributed by atoms with van der Waals surface area (Å²) in [4.78, 5) is 2.30. The summed E-state index contributed by atoms with van der Waals surface area (Å²) in [6, 6.07) is 16.1. The number of rotatable bonds is 4. The average Bonchev–Trinajstić information content (AvgIpc) is 2.49. The molecule has 2 N–H and O–H groups in total. The maximum atomic E-state index is 6.14. The van der Waals surface area contributed by atoms with Crippen molar-refractivity contribution in [1.29, 1.82) is 0 Å². The normalized spacial score (nSPS) is 17.4. The van der Waals surface area contributed by atoms with Gasteiger partial charge in [0.25, 0.3) is 0 Å². The third kappa shape index (κ3) is 3.49. The standard InChI is InChI=1S/C17H19ClN2O/c18-14-5-7-16(8-6-14)21-10-9-20-12-15(19)11-13-3-1-2-4-17(13)20/h1-8,15H,9-12,19H2. The highest BCUT2D eigenvalue weighted by molar-refractivity contribution is 6.30. The van der Waals surface area contributed by atoms with E-state index < -0.39 is 0 Å². The Hall–Kier alpha value is -1.71. The van der Waals surface area contributed by atoms with Crippen molar-refractivity contribution in [3.8, 4) is 5.75 Å². The highest BCUT2D eigenvalue weighted by Gasteiger charge is 2.21. The molecular formula is C17H19ClN2O. The number of hydrogen-bond acceptors (Lipinski definition) is 3. The molecule has 1 aliphatic rings. The van der Waals surface area contributed by atoms with Crippen LogP contribution in [0.2, 0.25) is 5.02 Å². The van der Waals surface area contributed by atoms with Crippen molar-refractivity contribution in [2.75, 3.05) is 24.6 Å².